The Balaban J connectivity index is 1.48. The lowest BCUT2D eigenvalue weighted by molar-refractivity contribution is -0.116. The Bertz CT molecular complexity index is 1370. The minimum absolute atomic E-state index is 0.0138. The number of carbonyl (C=O) groups is 2. The highest BCUT2D eigenvalue weighted by atomic mass is 32.2. The summed E-state index contributed by atoms with van der Waals surface area (Å²) in [6, 6.07) is 5.76. The molecule has 3 aromatic rings. The lowest BCUT2D eigenvalue weighted by Gasteiger charge is -2.20. The Morgan fingerprint density at radius 2 is 1.94 bits per heavy atom. The average Bonchev–Trinajstić information content (AvgIpc) is 3.53. The molecule has 34 heavy (non-hydrogen) atoms. The van der Waals surface area contributed by atoms with Gasteiger partial charge in [0.15, 0.2) is 10.9 Å². The van der Waals surface area contributed by atoms with Gasteiger partial charge in [-0.15, -0.1) is 11.3 Å². The van der Waals surface area contributed by atoms with E-state index in [2.05, 4.69) is 0 Å². The van der Waals surface area contributed by atoms with Crippen LogP contribution >= 0.6 is 23.1 Å². The van der Waals surface area contributed by atoms with Gasteiger partial charge in [0.05, 0.1) is 10.6 Å². The highest BCUT2D eigenvalue weighted by molar-refractivity contribution is 8.00. The minimum Gasteiger partial charge on any atom is -0.312 e. The summed E-state index contributed by atoms with van der Waals surface area (Å²) in [5, 5.41) is 0.990. The summed E-state index contributed by atoms with van der Waals surface area (Å²) in [4.78, 5) is 47.4. The molecule has 1 saturated carbocycles. The topological polar surface area (TPSA) is 72.3 Å². The third-order valence-corrected chi connectivity index (χ3v) is 9.35. The van der Waals surface area contributed by atoms with Crippen molar-refractivity contribution >= 4 is 50.7 Å². The molecule has 1 fully saturated rings. The van der Waals surface area contributed by atoms with Gasteiger partial charge in [-0.1, -0.05) is 24.6 Å². The summed E-state index contributed by atoms with van der Waals surface area (Å²) in [6.07, 6.45) is 4.93. The van der Waals surface area contributed by atoms with Gasteiger partial charge in [-0.05, 0) is 69.4 Å². The van der Waals surface area contributed by atoms with Crippen molar-refractivity contribution in [1.82, 2.24) is 9.55 Å². The summed E-state index contributed by atoms with van der Waals surface area (Å²) >= 11 is 2.94. The second-order valence-corrected chi connectivity index (χ2v) is 11.9. The third kappa shape index (κ3) is 3.90. The van der Waals surface area contributed by atoms with E-state index in [4.69, 9.17) is 4.98 Å². The van der Waals surface area contributed by atoms with Crippen LogP contribution in [0.15, 0.2) is 28.2 Å². The fourth-order valence-electron chi connectivity index (χ4n) is 5.18. The van der Waals surface area contributed by atoms with Crippen molar-refractivity contribution in [3.8, 4) is 0 Å². The maximum Gasteiger partial charge on any atom is 0.263 e. The van der Waals surface area contributed by atoms with Crippen molar-refractivity contribution < 1.29 is 9.59 Å². The van der Waals surface area contributed by atoms with E-state index in [1.165, 1.54) is 11.8 Å². The number of amides is 1. The van der Waals surface area contributed by atoms with Gasteiger partial charge in [0.2, 0.25) is 5.91 Å². The molecule has 0 spiro atoms. The van der Waals surface area contributed by atoms with E-state index >= 15 is 0 Å². The molecule has 2 aromatic heterocycles. The predicted octanol–water partition coefficient (Wildman–Crippen LogP) is 5.46. The zero-order chi connectivity index (χ0) is 24.1. The predicted molar refractivity (Wildman–Crippen MR) is 139 cm³/mol. The van der Waals surface area contributed by atoms with Crippen molar-refractivity contribution in [2.75, 3.05) is 11.4 Å². The first kappa shape index (κ1) is 23.3. The molecule has 1 atom stereocenters. The SMILES string of the molecule is CC(=O)N1CCc2cc(C(=O)C(C)Sc3nc4sc(C)c(C)c4c(=O)n3C3CCCC3)ccc21. The number of benzene rings is 1. The third-order valence-electron chi connectivity index (χ3n) is 7.18. The Hall–Kier alpha value is -2.45. The van der Waals surface area contributed by atoms with Gasteiger partial charge in [0.25, 0.3) is 5.56 Å². The molecule has 1 aromatic carbocycles. The highest BCUT2D eigenvalue weighted by Crippen LogP contribution is 2.36. The van der Waals surface area contributed by atoms with Gasteiger partial charge >= 0.3 is 0 Å². The Morgan fingerprint density at radius 1 is 1.21 bits per heavy atom. The van der Waals surface area contributed by atoms with Crippen LogP contribution in [0.4, 0.5) is 5.69 Å². The fraction of sp³-hybridized carbons (Fsp3) is 0.462. The molecule has 3 heterocycles. The van der Waals surface area contributed by atoms with Crippen LogP contribution in [0.3, 0.4) is 0 Å². The number of hydrogen-bond acceptors (Lipinski definition) is 6. The molecule has 8 heteroatoms. The monoisotopic (exact) mass is 495 g/mol. The lowest BCUT2D eigenvalue weighted by atomic mass is 10.0. The maximum absolute atomic E-state index is 13.6. The number of aromatic nitrogens is 2. The first-order valence-corrected chi connectivity index (χ1v) is 13.6. The van der Waals surface area contributed by atoms with Crippen LogP contribution in [0.2, 0.25) is 0 Å². The summed E-state index contributed by atoms with van der Waals surface area (Å²) in [7, 11) is 0. The van der Waals surface area contributed by atoms with Crippen molar-refractivity contribution in [2.45, 2.75) is 76.2 Å². The van der Waals surface area contributed by atoms with Gasteiger partial charge in [-0.2, -0.15) is 0 Å². The van der Waals surface area contributed by atoms with Crippen LogP contribution in [0.5, 0.6) is 0 Å². The maximum atomic E-state index is 13.6. The number of fused-ring (bicyclic) bond motifs is 2. The van der Waals surface area contributed by atoms with Gasteiger partial charge in [-0.3, -0.25) is 19.0 Å². The van der Waals surface area contributed by atoms with Crippen LogP contribution in [0.25, 0.3) is 10.2 Å². The Kier molecular flexibility index (Phi) is 6.14. The fourth-order valence-corrected chi connectivity index (χ4v) is 7.31. The standard InChI is InChI=1S/C26H29N3O3S2/c1-14-15(2)33-24-22(14)25(32)29(20-7-5-6-8-20)26(27-24)34-16(3)23(31)19-9-10-21-18(13-19)11-12-28(21)17(4)30/h9-10,13,16,20H,5-8,11-12H2,1-4H3. The van der Waals surface area contributed by atoms with Crippen LogP contribution in [0, 0.1) is 13.8 Å². The Morgan fingerprint density at radius 3 is 2.65 bits per heavy atom. The number of carbonyl (C=O) groups excluding carboxylic acids is 2. The first-order valence-electron chi connectivity index (χ1n) is 11.9. The number of thioether (sulfide) groups is 1. The van der Waals surface area contributed by atoms with Crippen LogP contribution in [-0.4, -0.2) is 33.0 Å². The molecule has 1 amide bonds. The molecule has 1 aliphatic heterocycles. The number of hydrogen-bond donors (Lipinski definition) is 0. The number of ketones is 1. The number of Topliss-reactive ketones (excluding diaryl/α,β-unsaturated/α-hetero) is 1. The van der Waals surface area contributed by atoms with E-state index in [1.807, 2.05) is 43.5 Å². The van der Waals surface area contributed by atoms with E-state index in [0.717, 1.165) is 64.0 Å². The molecule has 0 radical (unpaired) electrons. The second-order valence-electron chi connectivity index (χ2n) is 9.36. The number of nitrogens with zero attached hydrogens (tertiary/aromatic N) is 3. The number of thiophene rings is 1. The smallest absolute Gasteiger partial charge is 0.263 e. The van der Waals surface area contributed by atoms with Gasteiger partial charge in [0.1, 0.15) is 4.83 Å². The van der Waals surface area contributed by atoms with Gasteiger partial charge in [0, 0.05) is 35.6 Å². The van der Waals surface area contributed by atoms with Crippen molar-refractivity contribution in [1.29, 1.82) is 0 Å². The summed E-state index contributed by atoms with van der Waals surface area (Å²) in [6.45, 7) is 8.14. The Labute approximate surface area is 207 Å². The molecule has 6 nitrogen and oxygen atoms in total. The second kappa shape index (κ2) is 8.96. The molecular formula is C26H29N3O3S2. The molecule has 1 unspecified atom stereocenters. The quantitative estimate of drug-likeness (QED) is 0.267. The largest absolute Gasteiger partial charge is 0.312 e. The van der Waals surface area contributed by atoms with Crippen molar-refractivity contribution in [2.24, 2.45) is 0 Å². The molecular weight excluding hydrogens is 466 g/mol. The summed E-state index contributed by atoms with van der Waals surface area (Å²) in [5.74, 6) is 0.0343. The zero-order valence-corrected chi connectivity index (χ0v) is 21.6. The van der Waals surface area contributed by atoms with Gasteiger partial charge < -0.3 is 4.90 Å². The van der Waals surface area contributed by atoms with E-state index in [-0.39, 0.29) is 28.5 Å². The highest BCUT2D eigenvalue weighted by Gasteiger charge is 2.28. The normalized spacial score (nSPS) is 16.9. The molecule has 5 rings (SSSR count). The molecule has 0 saturated heterocycles. The number of rotatable bonds is 5. The van der Waals surface area contributed by atoms with Crippen LogP contribution < -0.4 is 10.5 Å². The first-order chi connectivity index (χ1) is 16.3. The number of aryl methyl sites for hydroxylation is 2. The average molecular weight is 496 g/mol. The zero-order valence-electron chi connectivity index (χ0n) is 20.0. The van der Waals surface area contributed by atoms with Crippen LogP contribution in [-0.2, 0) is 11.2 Å². The summed E-state index contributed by atoms with van der Waals surface area (Å²) < 4.78 is 1.87. The molecule has 1 aliphatic carbocycles. The minimum atomic E-state index is -0.387. The van der Waals surface area contributed by atoms with Crippen molar-refractivity contribution in [3.63, 3.8) is 0 Å². The van der Waals surface area contributed by atoms with E-state index in [9.17, 15) is 14.4 Å². The molecule has 2 aliphatic rings. The van der Waals surface area contributed by atoms with Gasteiger partial charge in [-0.25, -0.2) is 4.98 Å². The molecule has 178 valence electrons. The summed E-state index contributed by atoms with van der Waals surface area (Å²) in [5.41, 5.74) is 3.62. The van der Waals surface area contributed by atoms with E-state index < -0.39 is 0 Å². The van der Waals surface area contributed by atoms with Crippen molar-refractivity contribution in [3.05, 3.63) is 50.1 Å². The number of anilines is 1. The molecule has 0 bridgehead atoms. The van der Waals surface area contributed by atoms with Crippen LogP contribution in [0.1, 0.15) is 71.9 Å². The lowest BCUT2D eigenvalue weighted by Crippen LogP contribution is -2.27. The molecule has 0 N–H and O–H groups in total. The van der Waals surface area contributed by atoms with E-state index in [1.54, 1.807) is 23.2 Å². The van der Waals surface area contributed by atoms with E-state index in [0.29, 0.717) is 17.3 Å².